The maximum atomic E-state index is 12.8. The second-order valence-corrected chi connectivity index (χ2v) is 14.7. The second-order valence-electron chi connectivity index (χ2n) is 14.7. The summed E-state index contributed by atoms with van der Waals surface area (Å²) in [4.78, 5) is 32.0. The first kappa shape index (κ1) is 29.8. The highest BCUT2D eigenvalue weighted by Gasteiger charge is 2.60. The zero-order valence-corrected chi connectivity index (χ0v) is 25.7. The minimum atomic E-state index is -0.455. The highest BCUT2D eigenvalue weighted by Crippen LogP contribution is 2.67. The largest absolute Gasteiger partial charge is 0.462 e. The Morgan fingerprint density at radius 1 is 1.00 bits per heavy atom. The summed E-state index contributed by atoms with van der Waals surface area (Å²) < 4.78 is 5.32. The predicted octanol–water partition coefficient (Wildman–Crippen LogP) is 5.52. The smallest absolute Gasteiger partial charge is 0.435 e. The Morgan fingerprint density at radius 2 is 1.73 bits per heavy atom. The van der Waals surface area contributed by atoms with E-state index in [9.17, 15) is 14.7 Å². The maximum Gasteiger partial charge on any atom is 0.435 e. The van der Waals surface area contributed by atoms with Crippen molar-refractivity contribution >= 4 is 17.8 Å². The molecule has 0 aromatic heterocycles. The van der Waals surface area contributed by atoms with Crippen LogP contribution in [0.1, 0.15) is 105 Å². The molecule has 5 fully saturated rings. The van der Waals surface area contributed by atoms with E-state index in [1.54, 1.807) is 11.9 Å². The molecule has 0 aromatic carbocycles. The number of aliphatic hydroxyl groups is 1. The monoisotopic (exact) mass is 559 g/mol. The molecule has 2 unspecified atom stereocenters. The van der Waals surface area contributed by atoms with Crippen molar-refractivity contribution in [1.82, 2.24) is 10.2 Å². The molecule has 8 nitrogen and oxygen atoms in total. The molecule has 5 rings (SSSR count). The van der Waals surface area contributed by atoms with Gasteiger partial charge in [0.05, 0.1) is 17.9 Å². The van der Waals surface area contributed by atoms with Crippen molar-refractivity contribution in [3.8, 4) is 0 Å². The molecule has 1 amide bonds. The Kier molecular flexibility index (Phi) is 8.60. The molecule has 40 heavy (non-hydrogen) atoms. The number of likely N-dealkylation sites (N-methyl/N-ethyl adjacent to an activating group) is 1. The van der Waals surface area contributed by atoms with E-state index >= 15 is 0 Å². The van der Waals surface area contributed by atoms with Gasteiger partial charge >= 0.3 is 12.1 Å². The Hall–Kier alpha value is -1.67. The van der Waals surface area contributed by atoms with Crippen molar-refractivity contribution in [2.24, 2.45) is 45.6 Å². The van der Waals surface area contributed by atoms with Gasteiger partial charge in [0, 0.05) is 25.6 Å². The molecule has 4 saturated carbocycles. The fourth-order valence-corrected chi connectivity index (χ4v) is 10.0. The summed E-state index contributed by atoms with van der Waals surface area (Å²) in [6.45, 7) is 11.2. The first-order valence-corrected chi connectivity index (χ1v) is 16.0. The summed E-state index contributed by atoms with van der Waals surface area (Å²) in [7, 11) is 1.73. The van der Waals surface area contributed by atoms with Gasteiger partial charge < -0.3 is 14.7 Å². The Morgan fingerprint density at radius 3 is 2.48 bits per heavy atom. The molecule has 2 N–H and O–H groups in total. The topological polar surface area (TPSA) is 100 Å². The summed E-state index contributed by atoms with van der Waals surface area (Å²) >= 11 is 0. The molecule has 4 aliphatic carbocycles. The number of esters is 1. The van der Waals surface area contributed by atoms with Crippen LogP contribution in [-0.2, 0) is 14.4 Å². The molecule has 1 aliphatic heterocycles. The van der Waals surface area contributed by atoms with E-state index in [0.29, 0.717) is 36.1 Å². The normalized spacial score (nSPS) is 43.0. The van der Waals surface area contributed by atoms with Gasteiger partial charge in [0.25, 0.3) is 0 Å². The lowest BCUT2D eigenvalue weighted by atomic mass is 9.44. The van der Waals surface area contributed by atoms with E-state index in [1.165, 1.54) is 38.5 Å². The van der Waals surface area contributed by atoms with E-state index in [-0.39, 0.29) is 35.7 Å². The Labute approximate surface area is 241 Å². The number of nitrogens with zero attached hydrogens (tertiary/aromatic N) is 2. The van der Waals surface area contributed by atoms with E-state index in [4.69, 9.17) is 9.57 Å². The van der Waals surface area contributed by atoms with Crippen LogP contribution in [0.25, 0.3) is 0 Å². The van der Waals surface area contributed by atoms with Crippen LogP contribution in [0.5, 0.6) is 0 Å². The third-order valence-corrected chi connectivity index (χ3v) is 12.1. The SMILES string of the molecule is C/C(=N\OC(=O)N(C)CC1CCC(C(=O)OC(C)C)N1)[C@H]1CC[C@H]2[C@@H]3CC[C@H]4C[C@H](O)CC[C@]4(C)[C@H]3CC[C@]12C. The van der Waals surface area contributed by atoms with Gasteiger partial charge in [0.2, 0.25) is 0 Å². The summed E-state index contributed by atoms with van der Waals surface area (Å²) in [5.41, 5.74) is 1.53. The number of ether oxygens (including phenoxy) is 1. The number of carbonyl (C=O) groups excluding carboxylic acids is 2. The van der Waals surface area contributed by atoms with Gasteiger partial charge in [0.1, 0.15) is 6.04 Å². The molecule has 10 atom stereocenters. The first-order valence-electron chi connectivity index (χ1n) is 16.0. The van der Waals surface area contributed by atoms with Crippen molar-refractivity contribution in [2.45, 2.75) is 130 Å². The average molecular weight is 560 g/mol. The van der Waals surface area contributed by atoms with Gasteiger partial charge in [-0.2, -0.15) is 0 Å². The Balaban J connectivity index is 1.15. The van der Waals surface area contributed by atoms with Crippen molar-refractivity contribution in [2.75, 3.05) is 13.6 Å². The molecule has 1 saturated heterocycles. The predicted molar refractivity (Wildman–Crippen MR) is 155 cm³/mol. The average Bonchev–Trinajstić information content (AvgIpc) is 3.51. The summed E-state index contributed by atoms with van der Waals surface area (Å²) in [6, 6.07) is -0.285. The molecule has 0 radical (unpaired) electrons. The van der Waals surface area contributed by atoms with Crippen LogP contribution >= 0.6 is 0 Å². The number of amides is 1. The Bertz CT molecular complexity index is 986. The second kappa shape index (κ2) is 11.5. The molecule has 0 aromatic rings. The summed E-state index contributed by atoms with van der Waals surface area (Å²) in [5, 5.41) is 18.0. The van der Waals surface area contributed by atoms with Gasteiger partial charge in [-0.25, -0.2) is 4.79 Å². The van der Waals surface area contributed by atoms with Crippen LogP contribution in [0.3, 0.4) is 0 Å². The van der Waals surface area contributed by atoms with Crippen molar-refractivity contribution in [1.29, 1.82) is 0 Å². The standard InChI is InChI=1S/C32H53N3O5/c1-19(2)39-29(37)28-12-8-22(33-28)18-35(6)30(38)40-34-20(3)25-10-11-26-24-9-7-21-17-23(36)13-15-31(21,4)27(24)14-16-32(25,26)5/h19,21-28,33,36H,7-18H2,1-6H3/b34-20+/t21-,22?,23+,24-,25+,26-,27-,28?,31-,32+/m0/s1. The lowest BCUT2D eigenvalue weighted by molar-refractivity contribution is -0.149. The molecule has 8 heteroatoms. The zero-order valence-electron chi connectivity index (χ0n) is 25.7. The van der Waals surface area contributed by atoms with Gasteiger partial charge in [0.15, 0.2) is 0 Å². The molecule has 5 aliphatic rings. The number of nitrogens with one attached hydrogen (secondary N) is 1. The highest BCUT2D eigenvalue weighted by molar-refractivity contribution is 5.85. The zero-order chi connectivity index (χ0) is 28.8. The van der Waals surface area contributed by atoms with Gasteiger partial charge in [-0.05, 0) is 126 Å². The van der Waals surface area contributed by atoms with Crippen molar-refractivity contribution in [3.05, 3.63) is 0 Å². The number of carbonyl (C=O) groups is 2. The van der Waals surface area contributed by atoms with E-state index < -0.39 is 6.09 Å². The third-order valence-electron chi connectivity index (χ3n) is 12.1. The number of hydrogen-bond acceptors (Lipinski definition) is 7. The lowest BCUT2D eigenvalue weighted by Crippen LogP contribution is -2.54. The highest BCUT2D eigenvalue weighted by atomic mass is 16.7. The van der Waals surface area contributed by atoms with E-state index in [2.05, 4.69) is 24.3 Å². The lowest BCUT2D eigenvalue weighted by Gasteiger charge is -2.61. The van der Waals surface area contributed by atoms with Crippen LogP contribution < -0.4 is 5.32 Å². The summed E-state index contributed by atoms with van der Waals surface area (Å²) in [5.74, 6) is 3.04. The molecule has 1 heterocycles. The number of hydrogen-bond donors (Lipinski definition) is 2. The fraction of sp³-hybridized carbons (Fsp3) is 0.906. The maximum absolute atomic E-state index is 12.8. The fourth-order valence-electron chi connectivity index (χ4n) is 10.0. The van der Waals surface area contributed by atoms with Crippen molar-refractivity contribution in [3.63, 3.8) is 0 Å². The van der Waals surface area contributed by atoms with E-state index in [1.807, 2.05) is 20.8 Å². The van der Waals surface area contributed by atoms with E-state index in [0.717, 1.165) is 43.2 Å². The summed E-state index contributed by atoms with van der Waals surface area (Å²) in [6.07, 6.45) is 11.4. The minimum absolute atomic E-state index is 0.0291. The first-order chi connectivity index (χ1) is 18.9. The van der Waals surface area contributed by atoms with Crippen LogP contribution in [0.4, 0.5) is 4.79 Å². The molecular formula is C32H53N3O5. The number of fused-ring (bicyclic) bond motifs is 5. The van der Waals surface area contributed by atoms with Gasteiger partial charge in [-0.15, -0.1) is 0 Å². The quantitative estimate of drug-likeness (QED) is 0.192. The molecule has 0 bridgehead atoms. The molecule has 0 spiro atoms. The third kappa shape index (κ3) is 5.56. The van der Waals surface area contributed by atoms with Crippen molar-refractivity contribution < 1.29 is 24.3 Å². The number of aliphatic hydroxyl groups excluding tert-OH is 1. The number of oxime groups is 1. The molecular weight excluding hydrogens is 506 g/mol. The molecule has 226 valence electrons. The number of rotatable bonds is 6. The minimum Gasteiger partial charge on any atom is -0.462 e. The van der Waals surface area contributed by atoms with Crippen LogP contribution in [0, 0.1) is 40.4 Å². The van der Waals surface area contributed by atoms with Crippen LogP contribution in [0.2, 0.25) is 0 Å². The van der Waals surface area contributed by atoms with Gasteiger partial charge in [-0.3, -0.25) is 14.9 Å². The van der Waals surface area contributed by atoms with Gasteiger partial charge in [-0.1, -0.05) is 19.0 Å². The van der Waals surface area contributed by atoms with Crippen LogP contribution in [-0.4, -0.2) is 65.7 Å². The van der Waals surface area contributed by atoms with Crippen LogP contribution in [0.15, 0.2) is 5.16 Å².